The maximum absolute atomic E-state index is 6.52. The Morgan fingerprint density at radius 3 is 1.90 bits per heavy atom. The predicted molar refractivity (Wildman–Crippen MR) is 88.7 cm³/mol. The van der Waals surface area contributed by atoms with Gasteiger partial charge in [0.05, 0.1) is 19.6 Å². The van der Waals surface area contributed by atoms with Crippen molar-refractivity contribution in [1.82, 2.24) is 0 Å². The lowest BCUT2D eigenvalue weighted by Crippen LogP contribution is -1.99. The van der Waals surface area contributed by atoms with E-state index in [1.807, 2.05) is 0 Å². The molecule has 0 heterocycles. The number of halogens is 4. The quantitative estimate of drug-likeness (QED) is 0.619. The summed E-state index contributed by atoms with van der Waals surface area (Å²) in [6.45, 7) is 0. The van der Waals surface area contributed by atoms with Crippen molar-refractivity contribution >= 4 is 46.4 Å². The molecular weight excluding hydrogens is 354 g/mol. The van der Waals surface area contributed by atoms with Gasteiger partial charge in [0.1, 0.15) is 0 Å². The second kappa shape index (κ2) is 6.97. The van der Waals surface area contributed by atoms with Crippen LogP contribution in [0, 0.1) is 0 Å². The van der Waals surface area contributed by atoms with Crippen LogP contribution in [0.3, 0.4) is 0 Å². The predicted octanol–water partition coefficient (Wildman–Crippen LogP) is 5.99. The molecule has 0 aliphatic rings. The summed E-state index contributed by atoms with van der Waals surface area (Å²) < 4.78 is 10.5. The number of alkyl halides is 1. The molecule has 2 aromatic rings. The molecule has 0 N–H and O–H groups in total. The first-order valence-electron chi connectivity index (χ1n) is 5.99. The fourth-order valence-corrected chi connectivity index (χ4v) is 3.43. The lowest BCUT2D eigenvalue weighted by Gasteiger charge is -2.17. The van der Waals surface area contributed by atoms with Gasteiger partial charge in [-0.3, -0.25) is 0 Å². The molecule has 1 unspecified atom stereocenters. The standard InChI is InChI=1S/C15H12Cl4O2/c1-20-12-6-8(11(18)7-13(12)21-2)15(19)14-9(16)4-3-5-10(14)17/h3-7,15H,1-2H3. The Kier molecular flexibility index (Phi) is 5.50. The molecule has 2 aromatic carbocycles. The average Bonchev–Trinajstić information content (AvgIpc) is 2.46. The molecule has 6 heteroatoms. The first-order chi connectivity index (χ1) is 9.99. The SMILES string of the molecule is COc1cc(Cl)c(C(Cl)c2c(Cl)cccc2Cl)cc1OC. The summed E-state index contributed by atoms with van der Waals surface area (Å²) in [6, 6.07) is 8.59. The molecule has 112 valence electrons. The van der Waals surface area contributed by atoms with Crippen LogP contribution in [0.1, 0.15) is 16.5 Å². The third kappa shape index (κ3) is 3.35. The van der Waals surface area contributed by atoms with E-state index in [0.717, 1.165) is 0 Å². The van der Waals surface area contributed by atoms with Crippen molar-refractivity contribution in [3.05, 3.63) is 56.5 Å². The van der Waals surface area contributed by atoms with Crippen LogP contribution in [0.5, 0.6) is 11.5 Å². The summed E-state index contributed by atoms with van der Waals surface area (Å²) in [4.78, 5) is 0. The lowest BCUT2D eigenvalue weighted by molar-refractivity contribution is 0.354. The zero-order valence-electron chi connectivity index (χ0n) is 11.3. The second-order valence-electron chi connectivity index (χ2n) is 4.23. The maximum atomic E-state index is 6.52. The van der Waals surface area contributed by atoms with E-state index in [-0.39, 0.29) is 0 Å². The third-order valence-corrected chi connectivity index (χ3v) is 4.47. The van der Waals surface area contributed by atoms with E-state index in [9.17, 15) is 0 Å². The fourth-order valence-electron chi connectivity index (χ4n) is 1.97. The van der Waals surface area contributed by atoms with Gasteiger partial charge in [-0.05, 0) is 23.8 Å². The van der Waals surface area contributed by atoms with Gasteiger partial charge in [0, 0.05) is 26.7 Å². The molecule has 2 rings (SSSR count). The molecule has 2 nitrogen and oxygen atoms in total. The molecule has 0 saturated heterocycles. The van der Waals surface area contributed by atoms with Gasteiger partial charge < -0.3 is 9.47 Å². The van der Waals surface area contributed by atoms with Gasteiger partial charge >= 0.3 is 0 Å². The van der Waals surface area contributed by atoms with E-state index >= 15 is 0 Å². The highest BCUT2D eigenvalue weighted by Gasteiger charge is 2.22. The average molecular weight is 366 g/mol. The molecular formula is C15H12Cl4O2. The summed E-state index contributed by atoms with van der Waals surface area (Å²) in [5.41, 5.74) is 1.25. The zero-order valence-corrected chi connectivity index (χ0v) is 14.3. The van der Waals surface area contributed by atoms with Crippen LogP contribution in [0.2, 0.25) is 15.1 Å². The van der Waals surface area contributed by atoms with Gasteiger partial charge in [-0.1, -0.05) is 40.9 Å². The molecule has 0 aliphatic carbocycles. The van der Waals surface area contributed by atoms with Crippen molar-refractivity contribution in [3.63, 3.8) is 0 Å². The molecule has 0 aromatic heterocycles. The van der Waals surface area contributed by atoms with Crippen molar-refractivity contribution in [2.45, 2.75) is 5.38 Å². The second-order valence-corrected chi connectivity index (χ2v) is 5.88. The number of ether oxygens (including phenoxy) is 2. The van der Waals surface area contributed by atoms with Gasteiger partial charge in [0.2, 0.25) is 0 Å². The Morgan fingerprint density at radius 1 is 0.857 bits per heavy atom. The van der Waals surface area contributed by atoms with Gasteiger partial charge in [-0.2, -0.15) is 0 Å². The third-order valence-electron chi connectivity index (χ3n) is 3.03. The van der Waals surface area contributed by atoms with Crippen molar-refractivity contribution < 1.29 is 9.47 Å². The Bertz CT molecular complexity index is 638. The van der Waals surface area contributed by atoms with Crippen LogP contribution >= 0.6 is 46.4 Å². The minimum atomic E-state index is -0.599. The number of rotatable bonds is 4. The molecule has 0 radical (unpaired) electrons. The fraction of sp³-hybridized carbons (Fsp3) is 0.200. The molecule has 0 aliphatic heterocycles. The highest BCUT2D eigenvalue weighted by atomic mass is 35.5. The van der Waals surface area contributed by atoms with Crippen LogP contribution in [-0.2, 0) is 0 Å². The van der Waals surface area contributed by atoms with Crippen molar-refractivity contribution in [2.24, 2.45) is 0 Å². The lowest BCUT2D eigenvalue weighted by atomic mass is 10.0. The van der Waals surface area contributed by atoms with Gasteiger partial charge in [-0.15, -0.1) is 11.6 Å². The molecule has 1 atom stereocenters. The smallest absolute Gasteiger partial charge is 0.162 e. The molecule has 0 bridgehead atoms. The number of methoxy groups -OCH3 is 2. The topological polar surface area (TPSA) is 18.5 Å². The first-order valence-corrected chi connectivity index (χ1v) is 7.56. The normalized spacial score (nSPS) is 12.1. The minimum Gasteiger partial charge on any atom is -0.493 e. The Labute approximate surface area is 143 Å². The Morgan fingerprint density at radius 2 is 1.38 bits per heavy atom. The van der Waals surface area contributed by atoms with Crippen LogP contribution in [-0.4, -0.2) is 14.2 Å². The number of hydrogen-bond donors (Lipinski definition) is 0. The van der Waals surface area contributed by atoms with E-state index in [0.29, 0.717) is 37.7 Å². The van der Waals surface area contributed by atoms with E-state index < -0.39 is 5.38 Å². The van der Waals surface area contributed by atoms with Crippen LogP contribution in [0.15, 0.2) is 30.3 Å². The van der Waals surface area contributed by atoms with Crippen LogP contribution < -0.4 is 9.47 Å². The van der Waals surface area contributed by atoms with E-state index in [1.54, 1.807) is 37.4 Å². The number of benzene rings is 2. The summed E-state index contributed by atoms with van der Waals surface area (Å²) in [5, 5.41) is 0.809. The van der Waals surface area contributed by atoms with E-state index in [4.69, 9.17) is 55.9 Å². The largest absolute Gasteiger partial charge is 0.493 e. The van der Waals surface area contributed by atoms with E-state index in [2.05, 4.69) is 0 Å². The molecule has 0 amide bonds. The van der Waals surface area contributed by atoms with Crippen LogP contribution in [0.4, 0.5) is 0 Å². The molecule has 0 fully saturated rings. The van der Waals surface area contributed by atoms with Gasteiger partial charge in [0.25, 0.3) is 0 Å². The van der Waals surface area contributed by atoms with E-state index in [1.165, 1.54) is 7.11 Å². The number of hydrogen-bond acceptors (Lipinski definition) is 2. The van der Waals surface area contributed by atoms with Crippen LogP contribution in [0.25, 0.3) is 0 Å². The highest BCUT2D eigenvalue weighted by Crippen LogP contribution is 2.44. The summed E-state index contributed by atoms with van der Waals surface area (Å²) >= 11 is 25.2. The zero-order chi connectivity index (χ0) is 15.6. The first kappa shape index (κ1) is 16.6. The van der Waals surface area contributed by atoms with Gasteiger partial charge in [-0.25, -0.2) is 0 Å². The molecule has 0 spiro atoms. The Balaban J connectivity index is 2.56. The molecule has 0 saturated carbocycles. The maximum Gasteiger partial charge on any atom is 0.162 e. The summed E-state index contributed by atoms with van der Waals surface area (Å²) in [5.74, 6) is 1.06. The van der Waals surface area contributed by atoms with Crippen molar-refractivity contribution in [2.75, 3.05) is 14.2 Å². The van der Waals surface area contributed by atoms with Crippen molar-refractivity contribution in [3.8, 4) is 11.5 Å². The van der Waals surface area contributed by atoms with Gasteiger partial charge in [0.15, 0.2) is 11.5 Å². The Hall–Kier alpha value is -0.800. The highest BCUT2D eigenvalue weighted by molar-refractivity contribution is 6.38. The summed E-state index contributed by atoms with van der Waals surface area (Å²) in [6.07, 6.45) is 0. The summed E-state index contributed by atoms with van der Waals surface area (Å²) in [7, 11) is 3.08. The monoisotopic (exact) mass is 364 g/mol. The van der Waals surface area contributed by atoms with Crippen molar-refractivity contribution in [1.29, 1.82) is 0 Å². The molecule has 21 heavy (non-hydrogen) atoms. The minimum absolute atomic E-state index is 0.448.